The average Bonchev–Trinajstić information content (AvgIpc) is 2.15. The summed E-state index contributed by atoms with van der Waals surface area (Å²) >= 11 is 0. The quantitative estimate of drug-likeness (QED) is 0.721. The van der Waals surface area contributed by atoms with E-state index in [4.69, 9.17) is 6.42 Å². The van der Waals surface area contributed by atoms with Crippen LogP contribution in [0, 0.1) is 12.3 Å². The van der Waals surface area contributed by atoms with Crippen molar-refractivity contribution in [1.82, 2.24) is 9.97 Å². The molecule has 0 atom stereocenters. The zero-order valence-corrected chi connectivity index (χ0v) is 6.67. The highest BCUT2D eigenvalue weighted by Gasteiger charge is 2.14. The molecular weight excluding hydrogens is 176 g/mol. The molecule has 68 valence electrons. The van der Waals surface area contributed by atoms with Gasteiger partial charge in [0.15, 0.2) is 5.82 Å². The molecule has 0 bridgehead atoms. The second-order valence-corrected chi connectivity index (χ2v) is 2.15. The van der Waals surface area contributed by atoms with Crippen LogP contribution in [0.2, 0.25) is 0 Å². The van der Waals surface area contributed by atoms with Crippen molar-refractivity contribution in [1.29, 1.82) is 0 Å². The van der Waals surface area contributed by atoms with Gasteiger partial charge in [0.2, 0.25) is 0 Å². The molecular formula is C8H7F2N3. The Balaban J connectivity index is 2.86. The first-order valence-electron chi connectivity index (χ1n) is 3.52. The van der Waals surface area contributed by atoms with Crippen molar-refractivity contribution in [2.45, 2.75) is 6.43 Å². The van der Waals surface area contributed by atoms with Crippen LogP contribution in [0.3, 0.4) is 0 Å². The maximum Gasteiger partial charge on any atom is 0.283 e. The number of halogens is 2. The minimum absolute atomic E-state index is 0.0375. The highest BCUT2D eigenvalue weighted by molar-refractivity contribution is 5.41. The van der Waals surface area contributed by atoms with E-state index >= 15 is 0 Å². The van der Waals surface area contributed by atoms with Crippen LogP contribution >= 0.6 is 0 Å². The topological polar surface area (TPSA) is 37.8 Å². The molecule has 3 nitrogen and oxygen atoms in total. The average molecular weight is 183 g/mol. The van der Waals surface area contributed by atoms with E-state index in [0.29, 0.717) is 0 Å². The molecule has 0 spiro atoms. The third-order valence-electron chi connectivity index (χ3n) is 1.29. The van der Waals surface area contributed by atoms with Crippen LogP contribution in [0.25, 0.3) is 0 Å². The number of terminal acetylenes is 1. The van der Waals surface area contributed by atoms with E-state index in [1.165, 1.54) is 12.4 Å². The Bertz CT molecular complexity index is 319. The minimum atomic E-state index is -2.64. The molecule has 0 amide bonds. The molecule has 0 unspecified atom stereocenters. The van der Waals surface area contributed by atoms with E-state index in [1.807, 2.05) is 0 Å². The minimum Gasteiger partial charge on any atom is -0.357 e. The van der Waals surface area contributed by atoms with Crippen molar-refractivity contribution in [2.24, 2.45) is 0 Å². The Morgan fingerprint density at radius 1 is 1.46 bits per heavy atom. The Kier molecular flexibility index (Phi) is 3.15. The van der Waals surface area contributed by atoms with E-state index in [1.54, 1.807) is 0 Å². The summed E-state index contributed by atoms with van der Waals surface area (Å²) in [6.45, 7) is 0.151. The first-order valence-corrected chi connectivity index (χ1v) is 3.52. The predicted molar refractivity (Wildman–Crippen MR) is 44.3 cm³/mol. The van der Waals surface area contributed by atoms with E-state index in [-0.39, 0.29) is 18.1 Å². The maximum absolute atomic E-state index is 12.3. The molecule has 0 aromatic carbocycles. The number of nitrogens with zero attached hydrogens (tertiary/aromatic N) is 2. The SMILES string of the molecule is C#CCNc1nccnc1C(F)F. The van der Waals surface area contributed by atoms with Crippen molar-refractivity contribution in [3.8, 4) is 12.3 Å². The lowest BCUT2D eigenvalue weighted by atomic mass is 10.4. The van der Waals surface area contributed by atoms with E-state index in [2.05, 4.69) is 21.2 Å². The predicted octanol–water partition coefficient (Wildman–Crippen LogP) is 1.46. The van der Waals surface area contributed by atoms with Gasteiger partial charge in [0.25, 0.3) is 6.43 Å². The summed E-state index contributed by atoms with van der Waals surface area (Å²) in [4.78, 5) is 7.18. The first-order chi connectivity index (χ1) is 6.25. The molecule has 0 aliphatic rings. The number of rotatable bonds is 3. The number of anilines is 1. The maximum atomic E-state index is 12.3. The largest absolute Gasteiger partial charge is 0.357 e. The van der Waals surface area contributed by atoms with Gasteiger partial charge in [-0.15, -0.1) is 6.42 Å². The Morgan fingerprint density at radius 2 is 2.15 bits per heavy atom. The number of nitrogens with one attached hydrogen (secondary N) is 1. The van der Waals surface area contributed by atoms with E-state index in [9.17, 15) is 8.78 Å². The lowest BCUT2D eigenvalue weighted by molar-refractivity contribution is 0.146. The van der Waals surface area contributed by atoms with Crippen LogP contribution in [0.15, 0.2) is 12.4 Å². The van der Waals surface area contributed by atoms with Gasteiger partial charge >= 0.3 is 0 Å². The first kappa shape index (κ1) is 9.39. The highest BCUT2D eigenvalue weighted by atomic mass is 19.3. The molecule has 0 radical (unpaired) electrons. The molecule has 0 saturated heterocycles. The van der Waals surface area contributed by atoms with Gasteiger partial charge in [-0.2, -0.15) is 0 Å². The van der Waals surface area contributed by atoms with Gasteiger partial charge in [-0.1, -0.05) is 5.92 Å². The standard InChI is InChI=1S/C8H7F2N3/c1-2-3-12-8-6(7(9)10)11-4-5-13-8/h1,4-5,7H,3H2,(H,12,13). The zero-order valence-electron chi connectivity index (χ0n) is 6.67. The fraction of sp³-hybridized carbons (Fsp3) is 0.250. The van der Waals surface area contributed by atoms with E-state index in [0.717, 1.165) is 0 Å². The lowest BCUT2D eigenvalue weighted by Gasteiger charge is -2.05. The van der Waals surface area contributed by atoms with Crippen LogP contribution in [-0.4, -0.2) is 16.5 Å². The van der Waals surface area contributed by atoms with Crippen LogP contribution < -0.4 is 5.32 Å². The summed E-state index contributed by atoms with van der Waals surface area (Å²) < 4.78 is 24.5. The Morgan fingerprint density at radius 3 is 2.77 bits per heavy atom. The van der Waals surface area contributed by atoms with Crippen molar-refractivity contribution < 1.29 is 8.78 Å². The highest BCUT2D eigenvalue weighted by Crippen LogP contribution is 2.21. The summed E-state index contributed by atoms with van der Waals surface area (Å²) in [6.07, 6.45) is 4.84. The van der Waals surface area contributed by atoms with Gasteiger partial charge in [0.05, 0.1) is 6.54 Å². The van der Waals surface area contributed by atoms with Gasteiger partial charge in [0, 0.05) is 12.4 Å². The van der Waals surface area contributed by atoms with E-state index < -0.39 is 6.43 Å². The van der Waals surface area contributed by atoms with Crippen molar-refractivity contribution >= 4 is 5.82 Å². The molecule has 5 heteroatoms. The normalized spacial score (nSPS) is 9.69. The number of hydrogen-bond acceptors (Lipinski definition) is 3. The molecule has 13 heavy (non-hydrogen) atoms. The van der Waals surface area contributed by atoms with Gasteiger partial charge in [-0.3, -0.25) is 0 Å². The van der Waals surface area contributed by atoms with Crippen molar-refractivity contribution in [3.05, 3.63) is 18.1 Å². The lowest BCUT2D eigenvalue weighted by Crippen LogP contribution is -2.06. The number of aromatic nitrogens is 2. The van der Waals surface area contributed by atoms with Gasteiger partial charge in [-0.05, 0) is 0 Å². The fourth-order valence-corrected chi connectivity index (χ4v) is 0.779. The molecule has 1 heterocycles. The zero-order chi connectivity index (χ0) is 9.68. The van der Waals surface area contributed by atoms with Gasteiger partial charge in [-0.25, -0.2) is 18.7 Å². The summed E-state index contributed by atoms with van der Waals surface area (Å²) in [5.74, 6) is 2.30. The van der Waals surface area contributed by atoms with Crippen LogP contribution in [0.1, 0.15) is 12.1 Å². The second-order valence-electron chi connectivity index (χ2n) is 2.15. The molecule has 0 aliphatic carbocycles. The summed E-state index contributed by atoms with van der Waals surface area (Å²) in [6, 6.07) is 0. The third-order valence-corrected chi connectivity index (χ3v) is 1.29. The number of hydrogen-bond donors (Lipinski definition) is 1. The summed E-state index contributed by atoms with van der Waals surface area (Å²) in [5, 5.41) is 2.55. The molecule has 0 aliphatic heterocycles. The molecule has 1 rings (SSSR count). The van der Waals surface area contributed by atoms with Crippen molar-refractivity contribution in [2.75, 3.05) is 11.9 Å². The number of alkyl halides is 2. The van der Waals surface area contributed by atoms with Crippen molar-refractivity contribution in [3.63, 3.8) is 0 Å². The van der Waals surface area contributed by atoms with Gasteiger partial charge < -0.3 is 5.32 Å². The van der Waals surface area contributed by atoms with Crippen LogP contribution in [0.5, 0.6) is 0 Å². The summed E-state index contributed by atoms with van der Waals surface area (Å²) in [7, 11) is 0. The molecule has 1 aromatic heterocycles. The molecule has 1 N–H and O–H groups in total. The summed E-state index contributed by atoms with van der Waals surface area (Å²) in [5.41, 5.74) is -0.377. The van der Waals surface area contributed by atoms with Gasteiger partial charge in [0.1, 0.15) is 5.69 Å². The third kappa shape index (κ3) is 2.37. The monoisotopic (exact) mass is 183 g/mol. The fourth-order valence-electron chi connectivity index (χ4n) is 0.779. The molecule has 0 saturated carbocycles. The molecule has 1 aromatic rings. The smallest absolute Gasteiger partial charge is 0.283 e. The second kappa shape index (κ2) is 4.36. The Hall–Kier alpha value is -1.70. The Labute approximate surface area is 74.2 Å². The van der Waals surface area contributed by atoms with Crippen LogP contribution in [0.4, 0.5) is 14.6 Å². The molecule has 0 fully saturated rings. The van der Waals surface area contributed by atoms with Crippen LogP contribution in [-0.2, 0) is 0 Å².